The molecule has 0 aliphatic carbocycles. The van der Waals surface area contributed by atoms with Crippen LogP contribution in [0.15, 0.2) is 94.4 Å². The molecule has 0 spiro atoms. The highest BCUT2D eigenvalue weighted by Crippen LogP contribution is 2.23. The molecule has 1 heterocycles. The molecule has 7 heteroatoms. The summed E-state index contributed by atoms with van der Waals surface area (Å²) in [5.41, 5.74) is 2.52. The first-order chi connectivity index (χ1) is 14.4. The number of hydrogen-bond acceptors (Lipinski definition) is 6. The van der Waals surface area contributed by atoms with Gasteiger partial charge in [0.05, 0.1) is 0 Å². The zero-order valence-electron chi connectivity index (χ0n) is 16.0. The summed E-state index contributed by atoms with van der Waals surface area (Å²) in [5, 5.41) is 0. The molecule has 1 aliphatic rings. The SMILES string of the molecule is Cc1ccccc1C1=NC(=Cc2ccc(OS(=O)(=O)c3ccccc3)cc2)C(=O)O1. The van der Waals surface area contributed by atoms with E-state index in [-0.39, 0.29) is 22.2 Å². The fourth-order valence-electron chi connectivity index (χ4n) is 2.88. The van der Waals surface area contributed by atoms with Crippen LogP contribution in [0.5, 0.6) is 5.75 Å². The van der Waals surface area contributed by atoms with Crippen LogP contribution in [0.2, 0.25) is 0 Å². The van der Waals surface area contributed by atoms with Gasteiger partial charge in [0.15, 0.2) is 5.70 Å². The van der Waals surface area contributed by atoms with Crippen LogP contribution >= 0.6 is 0 Å². The summed E-state index contributed by atoms with van der Waals surface area (Å²) in [7, 11) is -3.91. The fourth-order valence-corrected chi connectivity index (χ4v) is 3.83. The van der Waals surface area contributed by atoms with Crippen molar-refractivity contribution in [1.29, 1.82) is 0 Å². The van der Waals surface area contributed by atoms with Gasteiger partial charge in [0.2, 0.25) is 5.90 Å². The fraction of sp³-hybridized carbons (Fsp3) is 0.0435. The highest BCUT2D eigenvalue weighted by Gasteiger charge is 2.25. The highest BCUT2D eigenvalue weighted by atomic mass is 32.2. The van der Waals surface area contributed by atoms with E-state index in [0.29, 0.717) is 5.56 Å². The molecule has 0 amide bonds. The van der Waals surface area contributed by atoms with E-state index in [1.54, 1.807) is 36.4 Å². The van der Waals surface area contributed by atoms with Gasteiger partial charge in [0, 0.05) is 5.56 Å². The van der Waals surface area contributed by atoms with E-state index in [1.165, 1.54) is 24.3 Å². The Labute approximate surface area is 174 Å². The number of carbonyl (C=O) groups excluding carboxylic acids is 1. The molecule has 0 saturated heterocycles. The third-order valence-corrected chi connectivity index (χ3v) is 5.68. The Morgan fingerprint density at radius 1 is 0.900 bits per heavy atom. The number of ether oxygens (including phenoxy) is 1. The average molecular weight is 419 g/mol. The third kappa shape index (κ3) is 4.16. The Morgan fingerprint density at radius 3 is 2.27 bits per heavy atom. The largest absolute Gasteiger partial charge is 0.402 e. The van der Waals surface area contributed by atoms with Gasteiger partial charge in [-0.25, -0.2) is 9.79 Å². The summed E-state index contributed by atoms with van der Waals surface area (Å²) in [6.45, 7) is 1.91. The average Bonchev–Trinajstić information content (AvgIpc) is 3.10. The lowest BCUT2D eigenvalue weighted by atomic mass is 10.1. The van der Waals surface area contributed by atoms with Crippen molar-refractivity contribution >= 4 is 28.1 Å². The number of esters is 1. The molecule has 30 heavy (non-hydrogen) atoms. The monoisotopic (exact) mass is 419 g/mol. The van der Waals surface area contributed by atoms with Gasteiger partial charge in [-0.1, -0.05) is 48.5 Å². The molecule has 0 atom stereocenters. The van der Waals surface area contributed by atoms with Crippen molar-refractivity contribution < 1.29 is 22.1 Å². The molecule has 3 aromatic carbocycles. The van der Waals surface area contributed by atoms with Crippen molar-refractivity contribution in [3.8, 4) is 5.75 Å². The molecular weight excluding hydrogens is 402 g/mol. The van der Waals surface area contributed by atoms with Gasteiger partial charge in [-0.15, -0.1) is 0 Å². The first kappa shape index (κ1) is 19.6. The Morgan fingerprint density at radius 2 is 1.57 bits per heavy atom. The quantitative estimate of drug-likeness (QED) is 0.353. The predicted octanol–water partition coefficient (Wildman–Crippen LogP) is 4.11. The number of rotatable bonds is 5. The molecule has 0 bridgehead atoms. The molecule has 0 aromatic heterocycles. The van der Waals surface area contributed by atoms with Gasteiger partial charge >= 0.3 is 16.1 Å². The maximum absolute atomic E-state index is 12.3. The molecule has 1 aliphatic heterocycles. The van der Waals surface area contributed by atoms with E-state index < -0.39 is 16.1 Å². The summed E-state index contributed by atoms with van der Waals surface area (Å²) in [6, 6.07) is 21.7. The summed E-state index contributed by atoms with van der Waals surface area (Å²) in [4.78, 5) is 16.5. The first-order valence-corrected chi connectivity index (χ1v) is 10.5. The van der Waals surface area contributed by atoms with Crippen LogP contribution in [-0.4, -0.2) is 20.3 Å². The summed E-state index contributed by atoms with van der Waals surface area (Å²) < 4.78 is 35.0. The van der Waals surface area contributed by atoms with Gasteiger partial charge in [0.1, 0.15) is 10.6 Å². The van der Waals surface area contributed by atoms with Crippen molar-refractivity contribution in [3.63, 3.8) is 0 Å². The van der Waals surface area contributed by atoms with Gasteiger partial charge in [-0.2, -0.15) is 8.42 Å². The molecule has 6 nitrogen and oxygen atoms in total. The van der Waals surface area contributed by atoms with E-state index >= 15 is 0 Å². The van der Waals surface area contributed by atoms with Gasteiger partial charge < -0.3 is 8.92 Å². The van der Waals surface area contributed by atoms with Gasteiger partial charge in [0.25, 0.3) is 0 Å². The standard InChI is InChI=1S/C23H17NO5S/c1-16-7-5-6-10-20(16)22-24-21(23(25)28-22)15-17-11-13-18(14-12-17)29-30(26,27)19-8-3-2-4-9-19/h2-15H,1H3. The van der Waals surface area contributed by atoms with Crippen LogP contribution in [0.4, 0.5) is 0 Å². The maximum atomic E-state index is 12.3. The Bertz CT molecular complexity index is 1260. The summed E-state index contributed by atoms with van der Waals surface area (Å²) in [6.07, 6.45) is 1.57. The molecule has 0 fully saturated rings. The maximum Gasteiger partial charge on any atom is 0.363 e. The van der Waals surface area contributed by atoms with Gasteiger partial charge in [-0.05, 0) is 54.5 Å². The first-order valence-electron chi connectivity index (χ1n) is 9.10. The van der Waals surface area contributed by atoms with Gasteiger partial charge in [-0.3, -0.25) is 0 Å². The van der Waals surface area contributed by atoms with Crippen LogP contribution in [0.25, 0.3) is 6.08 Å². The second-order valence-corrected chi connectivity index (χ2v) is 8.12. The number of hydrogen-bond donors (Lipinski definition) is 0. The van der Waals surface area contributed by atoms with E-state index in [0.717, 1.165) is 11.1 Å². The Balaban J connectivity index is 1.54. The Kier molecular flexibility index (Phi) is 5.20. The van der Waals surface area contributed by atoms with Crippen LogP contribution in [-0.2, 0) is 19.6 Å². The topological polar surface area (TPSA) is 82.0 Å². The lowest BCUT2D eigenvalue weighted by Crippen LogP contribution is -2.09. The number of aliphatic imine (C=N–C) groups is 1. The lowest BCUT2D eigenvalue weighted by molar-refractivity contribution is -0.129. The number of carbonyl (C=O) groups is 1. The zero-order valence-corrected chi connectivity index (χ0v) is 16.8. The van der Waals surface area contributed by atoms with Crippen molar-refractivity contribution in [3.05, 3.63) is 101 Å². The predicted molar refractivity (Wildman–Crippen MR) is 112 cm³/mol. The summed E-state index contributed by atoms with van der Waals surface area (Å²) in [5.74, 6) is -0.113. The minimum Gasteiger partial charge on any atom is -0.402 e. The number of nitrogens with zero attached hydrogens (tertiary/aromatic N) is 1. The van der Waals surface area contributed by atoms with Crippen LogP contribution in [0.1, 0.15) is 16.7 Å². The molecule has 3 aromatic rings. The molecule has 0 N–H and O–H groups in total. The lowest BCUT2D eigenvalue weighted by Gasteiger charge is -2.07. The second kappa shape index (κ2) is 7.96. The second-order valence-electron chi connectivity index (χ2n) is 6.57. The third-order valence-electron chi connectivity index (χ3n) is 4.42. The smallest absolute Gasteiger partial charge is 0.363 e. The summed E-state index contributed by atoms with van der Waals surface area (Å²) >= 11 is 0. The molecule has 0 saturated carbocycles. The van der Waals surface area contributed by atoms with Crippen molar-refractivity contribution in [2.24, 2.45) is 4.99 Å². The zero-order chi connectivity index (χ0) is 21.1. The van der Waals surface area contributed by atoms with E-state index in [1.807, 2.05) is 31.2 Å². The molecule has 4 rings (SSSR count). The highest BCUT2D eigenvalue weighted by molar-refractivity contribution is 7.87. The normalized spacial score (nSPS) is 15.0. The molecular formula is C23H17NO5S. The Hall–Kier alpha value is -3.71. The molecule has 150 valence electrons. The van der Waals surface area contributed by atoms with Crippen molar-refractivity contribution in [2.45, 2.75) is 11.8 Å². The number of benzene rings is 3. The molecule has 0 radical (unpaired) electrons. The molecule has 0 unspecified atom stereocenters. The number of aryl methyl sites for hydroxylation is 1. The van der Waals surface area contributed by atoms with E-state index in [2.05, 4.69) is 4.99 Å². The minimum absolute atomic E-state index is 0.0722. The van der Waals surface area contributed by atoms with Crippen LogP contribution in [0.3, 0.4) is 0 Å². The van der Waals surface area contributed by atoms with E-state index in [9.17, 15) is 13.2 Å². The van der Waals surface area contributed by atoms with E-state index in [4.69, 9.17) is 8.92 Å². The van der Waals surface area contributed by atoms with Crippen molar-refractivity contribution in [1.82, 2.24) is 0 Å². The van der Waals surface area contributed by atoms with Crippen LogP contribution in [0, 0.1) is 6.92 Å². The van der Waals surface area contributed by atoms with Crippen molar-refractivity contribution in [2.75, 3.05) is 0 Å². The minimum atomic E-state index is -3.91. The number of cyclic esters (lactones) is 1. The van der Waals surface area contributed by atoms with Crippen LogP contribution < -0.4 is 4.18 Å².